The number of amides is 2. The Hall–Kier alpha value is -2.34. The van der Waals surface area contributed by atoms with Crippen LogP contribution in [0, 0.1) is 6.92 Å². The zero-order valence-electron chi connectivity index (χ0n) is 15.1. The SMILES string of the molecule is CCCNC(=O)c1nc(C(=O)Nc2cccc(Cl)c2C)n2c1CCCC2. The summed E-state index contributed by atoms with van der Waals surface area (Å²) in [4.78, 5) is 29.7. The second-order valence-corrected chi connectivity index (χ2v) is 6.87. The van der Waals surface area contributed by atoms with Gasteiger partial charge in [-0.05, 0) is 50.3 Å². The van der Waals surface area contributed by atoms with Gasteiger partial charge in [-0.3, -0.25) is 9.59 Å². The fourth-order valence-electron chi connectivity index (χ4n) is 3.14. The van der Waals surface area contributed by atoms with Crippen LogP contribution < -0.4 is 10.6 Å². The highest BCUT2D eigenvalue weighted by Crippen LogP contribution is 2.25. The van der Waals surface area contributed by atoms with Crippen molar-refractivity contribution in [2.75, 3.05) is 11.9 Å². The lowest BCUT2D eigenvalue weighted by Crippen LogP contribution is -2.26. The van der Waals surface area contributed by atoms with Crippen LogP contribution in [0.5, 0.6) is 0 Å². The number of halogens is 1. The molecule has 1 aromatic heterocycles. The number of nitrogens with zero attached hydrogens (tertiary/aromatic N) is 2. The van der Waals surface area contributed by atoms with E-state index in [1.165, 1.54) is 0 Å². The second-order valence-electron chi connectivity index (χ2n) is 6.46. The minimum absolute atomic E-state index is 0.213. The number of imidazole rings is 1. The van der Waals surface area contributed by atoms with Crippen molar-refractivity contribution in [1.29, 1.82) is 0 Å². The summed E-state index contributed by atoms with van der Waals surface area (Å²) in [7, 11) is 0. The summed E-state index contributed by atoms with van der Waals surface area (Å²) in [5.74, 6) is -0.260. The van der Waals surface area contributed by atoms with Gasteiger partial charge in [0.2, 0.25) is 0 Å². The Morgan fingerprint density at radius 3 is 2.85 bits per heavy atom. The lowest BCUT2D eigenvalue weighted by atomic mass is 10.1. The Labute approximate surface area is 157 Å². The Morgan fingerprint density at radius 1 is 1.27 bits per heavy atom. The highest BCUT2D eigenvalue weighted by atomic mass is 35.5. The van der Waals surface area contributed by atoms with Crippen LogP contribution in [0.3, 0.4) is 0 Å². The van der Waals surface area contributed by atoms with Crippen molar-refractivity contribution >= 4 is 29.1 Å². The largest absolute Gasteiger partial charge is 0.351 e. The first-order valence-electron chi connectivity index (χ1n) is 8.97. The molecule has 1 aliphatic heterocycles. The number of fused-ring (bicyclic) bond motifs is 1. The van der Waals surface area contributed by atoms with Gasteiger partial charge in [-0.1, -0.05) is 24.6 Å². The third-order valence-electron chi connectivity index (χ3n) is 4.59. The van der Waals surface area contributed by atoms with Crippen molar-refractivity contribution in [2.45, 2.75) is 46.1 Å². The van der Waals surface area contributed by atoms with E-state index in [1.807, 2.05) is 18.4 Å². The second kappa shape index (κ2) is 7.91. The predicted molar refractivity (Wildman–Crippen MR) is 102 cm³/mol. The number of benzene rings is 1. The first-order chi connectivity index (χ1) is 12.5. The van der Waals surface area contributed by atoms with E-state index < -0.39 is 0 Å². The number of anilines is 1. The van der Waals surface area contributed by atoms with E-state index >= 15 is 0 Å². The fraction of sp³-hybridized carbons (Fsp3) is 0.421. The van der Waals surface area contributed by atoms with Gasteiger partial charge in [0.25, 0.3) is 11.8 Å². The molecular weight excluding hydrogens is 352 g/mol. The summed E-state index contributed by atoms with van der Waals surface area (Å²) in [6.45, 7) is 5.13. The standard InChI is InChI=1S/C19H23ClN4O2/c1-3-10-21-18(25)16-15-9-4-5-11-24(15)17(23-16)19(26)22-14-8-6-7-13(20)12(14)2/h6-8H,3-5,9-11H2,1-2H3,(H,21,25)(H,22,26). The topological polar surface area (TPSA) is 76.0 Å². The first kappa shape index (κ1) is 18.5. The van der Waals surface area contributed by atoms with Crippen LogP contribution in [0.2, 0.25) is 5.02 Å². The molecule has 2 N–H and O–H groups in total. The van der Waals surface area contributed by atoms with Crippen molar-refractivity contribution < 1.29 is 9.59 Å². The summed E-state index contributed by atoms with van der Waals surface area (Å²) in [6, 6.07) is 5.36. The summed E-state index contributed by atoms with van der Waals surface area (Å²) in [5.41, 5.74) is 2.66. The number of nitrogens with one attached hydrogen (secondary N) is 2. The van der Waals surface area contributed by atoms with Gasteiger partial charge >= 0.3 is 0 Å². The summed E-state index contributed by atoms with van der Waals surface area (Å²) in [5, 5.41) is 6.32. The van der Waals surface area contributed by atoms with Crippen LogP contribution in [0.1, 0.15) is 58.6 Å². The van der Waals surface area contributed by atoms with Gasteiger partial charge < -0.3 is 15.2 Å². The van der Waals surface area contributed by atoms with Gasteiger partial charge in [0, 0.05) is 23.8 Å². The first-order valence-corrected chi connectivity index (χ1v) is 9.34. The minimum atomic E-state index is -0.326. The van der Waals surface area contributed by atoms with Gasteiger partial charge in [-0.25, -0.2) is 4.98 Å². The molecule has 0 fully saturated rings. The highest BCUT2D eigenvalue weighted by Gasteiger charge is 2.27. The van der Waals surface area contributed by atoms with Crippen LogP contribution in [0.4, 0.5) is 5.69 Å². The molecule has 0 bridgehead atoms. The summed E-state index contributed by atoms with van der Waals surface area (Å²) in [6.07, 6.45) is 3.57. The van der Waals surface area contributed by atoms with Gasteiger partial charge in [0.05, 0.1) is 5.69 Å². The molecule has 26 heavy (non-hydrogen) atoms. The molecule has 0 atom stereocenters. The molecule has 3 rings (SSSR count). The number of carbonyl (C=O) groups is 2. The molecule has 7 heteroatoms. The monoisotopic (exact) mass is 374 g/mol. The molecule has 0 spiro atoms. The van der Waals surface area contributed by atoms with E-state index in [9.17, 15) is 9.59 Å². The quantitative estimate of drug-likeness (QED) is 0.839. The maximum Gasteiger partial charge on any atom is 0.291 e. The zero-order valence-corrected chi connectivity index (χ0v) is 15.8. The Kier molecular flexibility index (Phi) is 5.61. The molecule has 0 unspecified atom stereocenters. The van der Waals surface area contributed by atoms with E-state index in [0.717, 1.165) is 36.9 Å². The third kappa shape index (κ3) is 3.60. The number of aromatic nitrogens is 2. The number of hydrogen-bond acceptors (Lipinski definition) is 3. The molecule has 0 aliphatic carbocycles. The maximum absolute atomic E-state index is 12.8. The van der Waals surface area contributed by atoms with Crippen LogP contribution in [-0.4, -0.2) is 27.9 Å². The molecule has 0 radical (unpaired) electrons. The molecule has 2 heterocycles. The van der Waals surface area contributed by atoms with E-state index in [2.05, 4.69) is 15.6 Å². The normalized spacial score (nSPS) is 13.2. The molecule has 2 amide bonds. The van der Waals surface area contributed by atoms with E-state index in [-0.39, 0.29) is 17.6 Å². The molecule has 1 aromatic carbocycles. The molecule has 1 aliphatic rings. The van der Waals surface area contributed by atoms with Gasteiger partial charge in [-0.2, -0.15) is 0 Å². The van der Waals surface area contributed by atoms with Crippen molar-refractivity contribution in [3.63, 3.8) is 0 Å². The van der Waals surface area contributed by atoms with Crippen LogP contribution in [-0.2, 0) is 13.0 Å². The van der Waals surface area contributed by atoms with Gasteiger partial charge in [0.15, 0.2) is 5.82 Å². The van der Waals surface area contributed by atoms with Crippen molar-refractivity contribution in [3.8, 4) is 0 Å². The lowest BCUT2D eigenvalue weighted by Gasteiger charge is -2.17. The van der Waals surface area contributed by atoms with Gasteiger partial charge in [-0.15, -0.1) is 0 Å². The number of rotatable bonds is 5. The average molecular weight is 375 g/mol. The maximum atomic E-state index is 12.8. The molecule has 138 valence electrons. The van der Waals surface area contributed by atoms with Crippen molar-refractivity contribution in [3.05, 3.63) is 46.0 Å². The Balaban J connectivity index is 1.91. The Morgan fingerprint density at radius 2 is 2.08 bits per heavy atom. The predicted octanol–water partition coefficient (Wildman–Crippen LogP) is 3.57. The molecule has 0 saturated heterocycles. The van der Waals surface area contributed by atoms with Gasteiger partial charge in [0.1, 0.15) is 5.69 Å². The number of hydrogen-bond donors (Lipinski definition) is 2. The highest BCUT2D eigenvalue weighted by molar-refractivity contribution is 6.31. The van der Waals surface area contributed by atoms with Crippen LogP contribution >= 0.6 is 11.6 Å². The van der Waals surface area contributed by atoms with Crippen molar-refractivity contribution in [2.24, 2.45) is 0 Å². The smallest absolute Gasteiger partial charge is 0.291 e. The summed E-state index contributed by atoms with van der Waals surface area (Å²) >= 11 is 6.13. The third-order valence-corrected chi connectivity index (χ3v) is 5.00. The van der Waals surface area contributed by atoms with Crippen LogP contribution in [0.15, 0.2) is 18.2 Å². The zero-order chi connectivity index (χ0) is 18.7. The van der Waals surface area contributed by atoms with E-state index in [4.69, 9.17) is 11.6 Å². The van der Waals surface area contributed by atoms with Crippen LogP contribution in [0.25, 0.3) is 0 Å². The average Bonchev–Trinajstić information content (AvgIpc) is 3.03. The minimum Gasteiger partial charge on any atom is -0.351 e. The van der Waals surface area contributed by atoms with E-state index in [1.54, 1.807) is 18.2 Å². The molecule has 2 aromatic rings. The molecule has 0 saturated carbocycles. The molecular formula is C19H23ClN4O2. The summed E-state index contributed by atoms with van der Waals surface area (Å²) < 4.78 is 1.87. The molecule has 6 nitrogen and oxygen atoms in total. The lowest BCUT2D eigenvalue weighted by molar-refractivity contribution is 0.0947. The van der Waals surface area contributed by atoms with Crippen molar-refractivity contribution in [1.82, 2.24) is 14.9 Å². The number of carbonyl (C=O) groups excluding carboxylic acids is 2. The Bertz CT molecular complexity index is 844. The van der Waals surface area contributed by atoms with E-state index in [0.29, 0.717) is 29.5 Å². The fourth-order valence-corrected chi connectivity index (χ4v) is 3.32.